The van der Waals surface area contributed by atoms with Crippen molar-refractivity contribution in [2.75, 3.05) is 20.7 Å². The largest absolute Gasteiger partial charge is 0.496 e. The lowest BCUT2D eigenvalue weighted by atomic mass is 10.1. The molecule has 0 aliphatic heterocycles. The lowest BCUT2D eigenvalue weighted by Crippen LogP contribution is -2.34. The van der Waals surface area contributed by atoms with Crippen LogP contribution < -0.4 is 4.74 Å². The smallest absolute Gasteiger partial charge is 0.180 e. The third-order valence-electron chi connectivity index (χ3n) is 3.75. The number of hydrogen-bond donors (Lipinski definition) is 0. The number of methoxy groups -OCH3 is 1. The fraction of sp³-hybridized carbons (Fsp3) is 0.533. The van der Waals surface area contributed by atoms with Crippen LogP contribution in [0.25, 0.3) is 0 Å². The second-order valence-electron chi connectivity index (χ2n) is 4.98. The van der Waals surface area contributed by atoms with Gasteiger partial charge in [-0.15, -0.1) is 0 Å². The minimum absolute atomic E-state index is 0.141. The van der Waals surface area contributed by atoms with Crippen LogP contribution in [-0.2, 0) is 0 Å². The van der Waals surface area contributed by atoms with Crippen molar-refractivity contribution in [1.82, 2.24) is 4.90 Å². The fourth-order valence-corrected chi connectivity index (χ4v) is 2.66. The molecule has 0 aromatic heterocycles. The van der Waals surface area contributed by atoms with Crippen LogP contribution in [0.5, 0.6) is 5.75 Å². The summed E-state index contributed by atoms with van der Waals surface area (Å²) < 4.78 is 5.23. The van der Waals surface area contributed by atoms with Crippen LogP contribution in [0.3, 0.4) is 0 Å². The number of carbonyl (C=O) groups excluding carboxylic acids is 1. The fourth-order valence-electron chi connectivity index (χ4n) is 2.66. The van der Waals surface area contributed by atoms with E-state index >= 15 is 0 Å². The van der Waals surface area contributed by atoms with Gasteiger partial charge in [-0.05, 0) is 32.0 Å². The zero-order valence-electron chi connectivity index (χ0n) is 11.2. The highest BCUT2D eigenvalue weighted by atomic mass is 16.5. The molecule has 0 atom stereocenters. The van der Waals surface area contributed by atoms with Crippen molar-refractivity contribution in [2.45, 2.75) is 31.7 Å². The molecule has 2 rings (SSSR count). The normalized spacial score (nSPS) is 16.2. The van der Waals surface area contributed by atoms with Gasteiger partial charge in [0.15, 0.2) is 5.78 Å². The second-order valence-corrected chi connectivity index (χ2v) is 4.98. The minimum Gasteiger partial charge on any atom is -0.496 e. The first-order valence-corrected chi connectivity index (χ1v) is 6.59. The minimum atomic E-state index is 0.141. The van der Waals surface area contributed by atoms with Crippen molar-refractivity contribution in [2.24, 2.45) is 0 Å². The van der Waals surface area contributed by atoms with Crippen molar-refractivity contribution in [3.8, 4) is 5.75 Å². The molecule has 0 heterocycles. The summed E-state index contributed by atoms with van der Waals surface area (Å²) in [5.74, 6) is 0.809. The van der Waals surface area contributed by atoms with Crippen LogP contribution in [0.15, 0.2) is 24.3 Å². The van der Waals surface area contributed by atoms with Gasteiger partial charge in [0.25, 0.3) is 0 Å². The Balaban J connectivity index is 2.02. The Morgan fingerprint density at radius 1 is 1.33 bits per heavy atom. The van der Waals surface area contributed by atoms with Crippen LogP contribution in [0.1, 0.15) is 36.0 Å². The number of benzene rings is 1. The van der Waals surface area contributed by atoms with Crippen molar-refractivity contribution < 1.29 is 9.53 Å². The van der Waals surface area contributed by atoms with Gasteiger partial charge in [0.05, 0.1) is 19.2 Å². The highest BCUT2D eigenvalue weighted by molar-refractivity contribution is 6.00. The number of ether oxygens (including phenoxy) is 1. The molecule has 0 unspecified atom stereocenters. The van der Waals surface area contributed by atoms with Crippen LogP contribution >= 0.6 is 0 Å². The number of ketones is 1. The molecule has 1 fully saturated rings. The molecule has 0 amide bonds. The Labute approximate surface area is 109 Å². The Bertz CT molecular complexity index is 411. The van der Waals surface area contributed by atoms with Crippen molar-refractivity contribution >= 4 is 5.78 Å². The van der Waals surface area contributed by atoms with E-state index in [0.29, 0.717) is 23.9 Å². The molecule has 0 spiro atoms. The molecule has 98 valence electrons. The summed E-state index contributed by atoms with van der Waals surface area (Å²) in [6, 6.07) is 8.01. The molecule has 1 aliphatic rings. The van der Waals surface area contributed by atoms with E-state index in [1.165, 1.54) is 25.7 Å². The number of rotatable bonds is 5. The maximum Gasteiger partial charge on any atom is 0.180 e. The maximum absolute atomic E-state index is 12.3. The lowest BCUT2D eigenvalue weighted by molar-refractivity contribution is 0.0918. The van der Waals surface area contributed by atoms with Crippen LogP contribution in [0.4, 0.5) is 0 Å². The molecule has 1 aliphatic carbocycles. The van der Waals surface area contributed by atoms with Gasteiger partial charge in [-0.25, -0.2) is 0 Å². The van der Waals surface area contributed by atoms with Crippen LogP contribution in [0.2, 0.25) is 0 Å². The van der Waals surface area contributed by atoms with Gasteiger partial charge in [0.1, 0.15) is 5.75 Å². The van der Waals surface area contributed by atoms with E-state index in [1.807, 2.05) is 31.3 Å². The van der Waals surface area contributed by atoms with Crippen molar-refractivity contribution in [1.29, 1.82) is 0 Å². The Kier molecular flexibility index (Phi) is 4.37. The summed E-state index contributed by atoms with van der Waals surface area (Å²) in [5.41, 5.74) is 0.685. The van der Waals surface area contributed by atoms with E-state index in [1.54, 1.807) is 7.11 Å². The molecule has 18 heavy (non-hydrogen) atoms. The molecule has 3 nitrogen and oxygen atoms in total. The third kappa shape index (κ3) is 2.91. The van der Waals surface area contributed by atoms with Crippen LogP contribution in [-0.4, -0.2) is 37.4 Å². The molecule has 1 aromatic carbocycles. The Morgan fingerprint density at radius 2 is 2.00 bits per heavy atom. The van der Waals surface area contributed by atoms with Crippen molar-refractivity contribution in [3.63, 3.8) is 0 Å². The van der Waals surface area contributed by atoms with E-state index in [9.17, 15) is 4.79 Å². The highest BCUT2D eigenvalue weighted by Gasteiger charge is 2.22. The predicted octanol–water partition coefficient (Wildman–Crippen LogP) is 2.75. The monoisotopic (exact) mass is 247 g/mol. The number of para-hydroxylation sites is 1. The highest BCUT2D eigenvalue weighted by Crippen LogP contribution is 2.23. The Morgan fingerprint density at radius 3 is 2.67 bits per heavy atom. The van der Waals surface area contributed by atoms with Gasteiger partial charge >= 0.3 is 0 Å². The van der Waals surface area contributed by atoms with Gasteiger partial charge in [-0.1, -0.05) is 25.0 Å². The molecule has 0 radical (unpaired) electrons. The summed E-state index contributed by atoms with van der Waals surface area (Å²) >= 11 is 0. The molecular weight excluding hydrogens is 226 g/mol. The summed E-state index contributed by atoms with van der Waals surface area (Å²) in [4.78, 5) is 14.5. The standard InChI is InChI=1S/C15H21NO2/c1-16(12-7-3-4-8-12)11-14(17)13-9-5-6-10-15(13)18-2/h5-6,9-10,12H,3-4,7-8,11H2,1-2H3. The van der Waals surface area contributed by atoms with Crippen molar-refractivity contribution in [3.05, 3.63) is 29.8 Å². The van der Waals surface area contributed by atoms with Gasteiger partial charge in [-0.3, -0.25) is 9.69 Å². The van der Waals surface area contributed by atoms with E-state index in [4.69, 9.17) is 4.74 Å². The summed E-state index contributed by atoms with van der Waals surface area (Å²) in [7, 11) is 3.65. The summed E-state index contributed by atoms with van der Waals surface area (Å²) in [5, 5.41) is 0. The topological polar surface area (TPSA) is 29.5 Å². The van der Waals surface area contributed by atoms with Gasteiger partial charge in [0.2, 0.25) is 0 Å². The number of Topliss-reactive ketones (excluding diaryl/α,β-unsaturated/α-hetero) is 1. The number of nitrogens with zero attached hydrogens (tertiary/aromatic N) is 1. The predicted molar refractivity (Wildman–Crippen MR) is 72.2 cm³/mol. The lowest BCUT2D eigenvalue weighted by Gasteiger charge is -2.23. The average molecular weight is 247 g/mol. The quantitative estimate of drug-likeness (QED) is 0.749. The molecule has 0 saturated heterocycles. The third-order valence-corrected chi connectivity index (χ3v) is 3.75. The molecule has 1 aromatic rings. The van der Waals surface area contributed by atoms with E-state index in [2.05, 4.69) is 4.90 Å². The first kappa shape index (κ1) is 13.1. The molecule has 0 N–H and O–H groups in total. The second kappa shape index (κ2) is 6.01. The molecule has 3 heteroatoms. The van der Waals surface area contributed by atoms with E-state index in [-0.39, 0.29) is 5.78 Å². The van der Waals surface area contributed by atoms with Gasteiger partial charge in [-0.2, -0.15) is 0 Å². The average Bonchev–Trinajstić information content (AvgIpc) is 2.92. The Hall–Kier alpha value is -1.35. The van der Waals surface area contributed by atoms with Gasteiger partial charge in [0, 0.05) is 6.04 Å². The van der Waals surface area contributed by atoms with Crippen LogP contribution in [0, 0.1) is 0 Å². The molecular formula is C15H21NO2. The first-order chi connectivity index (χ1) is 8.72. The first-order valence-electron chi connectivity index (χ1n) is 6.59. The van der Waals surface area contributed by atoms with E-state index in [0.717, 1.165) is 0 Å². The number of hydrogen-bond acceptors (Lipinski definition) is 3. The maximum atomic E-state index is 12.3. The van der Waals surface area contributed by atoms with Gasteiger partial charge < -0.3 is 4.74 Å². The van der Waals surface area contributed by atoms with E-state index < -0.39 is 0 Å². The number of likely N-dealkylation sites (N-methyl/N-ethyl adjacent to an activating group) is 1. The number of carbonyl (C=O) groups is 1. The summed E-state index contributed by atoms with van der Waals surface area (Å²) in [6.45, 7) is 0.477. The zero-order chi connectivity index (χ0) is 13.0. The molecule has 0 bridgehead atoms. The zero-order valence-corrected chi connectivity index (χ0v) is 11.2. The summed E-state index contributed by atoms with van der Waals surface area (Å²) in [6.07, 6.45) is 5.01. The molecule has 1 saturated carbocycles. The SMILES string of the molecule is COc1ccccc1C(=O)CN(C)C1CCCC1.